The lowest BCUT2D eigenvalue weighted by atomic mass is 10.1. The Morgan fingerprint density at radius 3 is 2.83 bits per heavy atom. The first-order valence-corrected chi connectivity index (χ1v) is 8.61. The van der Waals surface area contributed by atoms with Gasteiger partial charge in [-0.25, -0.2) is 0 Å². The average molecular weight is 323 g/mol. The molecule has 1 atom stereocenters. The molecule has 4 heteroatoms. The van der Waals surface area contributed by atoms with Crippen LogP contribution in [0.2, 0.25) is 0 Å². The summed E-state index contributed by atoms with van der Waals surface area (Å²) in [6.07, 6.45) is 4.26. The zero-order chi connectivity index (χ0) is 16.9. The van der Waals surface area contributed by atoms with Crippen LogP contribution in [0.4, 0.5) is 0 Å². The van der Waals surface area contributed by atoms with Gasteiger partial charge in [-0.1, -0.05) is 30.3 Å². The lowest BCUT2D eigenvalue weighted by molar-refractivity contribution is -0.119. The van der Waals surface area contributed by atoms with Crippen molar-refractivity contribution in [2.24, 2.45) is 0 Å². The molecule has 0 unspecified atom stereocenters. The van der Waals surface area contributed by atoms with E-state index in [0.29, 0.717) is 12.6 Å². The highest BCUT2D eigenvalue weighted by Crippen LogP contribution is 2.32. The maximum Gasteiger partial charge on any atom is 0.217 e. The van der Waals surface area contributed by atoms with Crippen molar-refractivity contribution < 1.29 is 4.79 Å². The summed E-state index contributed by atoms with van der Waals surface area (Å²) in [6.45, 7) is 6.35. The molecule has 3 rings (SSSR count). The summed E-state index contributed by atoms with van der Waals surface area (Å²) in [4.78, 5) is 18.2. The first-order chi connectivity index (χ1) is 11.6. The standard InChI is InChI=1S/C20H25N3O/c1-15-6-3-4-7-18(15)14-23-11-5-8-20(23)19-10-9-17(13-22-19)12-21-16(2)24/h3-4,6-7,9-10,13,20H,5,8,11-12,14H2,1-2H3,(H,21,24)/t20-/m0/s1. The van der Waals surface area contributed by atoms with Gasteiger partial charge < -0.3 is 5.32 Å². The molecule has 1 N–H and O–H groups in total. The number of hydrogen-bond acceptors (Lipinski definition) is 3. The lowest BCUT2D eigenvalue weighted by Crippen LogP contribution is -2.24. The normalized spacial score (nSPS) is 17.8. The Labute approximate surface area is 143 Å². The zero-order valence-corrected chi connectivity index (χ0v) is 14.5. The van der Waals surface area contributed by atoms with Crippen molar-refractivity contribution in [2.45, 2.75) is 45.8 Å². The Morgan fingerprint density at radius 1 is 1.29 bits per heavy atom. The van der Waals surface area contributed by atoms with Crippen LogP contribution < -0.4 is 5.32 Å². The van der Waals surface area contributed by atoms with Crippen LogP contribution in [0.5, 0.6) is 0 Å². The number of nitrogens with zero attached hydrogens (tertiary/aromatic N) is 2. The molecule has 0 aliphatic carbocycles. The summed E-state index contributed by atoms with van der Waals surface area (Å²) < 4.78 is 0. The molecule has 1 amide bonds. The fraction of sp³-hybridized carbons (Fsp3) is 0.400. The second-order valence-electron chi connectivity index (χ2n) is 6.56. The van der Waals surface area contributed by atoms with E-state index in [-0.39, 0.29) is 5.91 Å². The molecule has 0 radical (unpaired) electrons. The first kappa shape index (κ1) is 16.7. The predicted molar refractivity (Wildman–Crippen MR) is 95.3 cm³/mol. The van der Waals surface area contributed by atoms with E-state index in [0.717, 1.165) is 30.8 Å². The molecule has 2 aromatic rings. The molecule has 1 aromatic carbocycles. The number of amides is 1. The van der Waals surface area contributed by atoms with Crippen molar-refractivity contribution >= 4 is 5.91 Å². The van der Waals surface area contributed by atoms with Crippen LogP contribution in [0.25, 0.3) is 0 Å². The summed E-state index contributed by atoms with van der Waals surface area (Å²) in [6, 6.07) is 13.2. The smallest absolute Gasteiger partial charge is 0.217 e. The third-order valence-corrected chi connectivity index (χ3v) is 4.73. The number of aromatic nitrogens is 1. The number of carbonyl (C=O) groups excluding carboxylic acids is 1. The highest BCUT2D eigenvalue weighted by Gasteiger charge is 2.27. The Morgan fingerprint density at radius 2 is 2.12 bits per heavy atom. The first-order valence-electron chi connectivity index (χ1n) is 8.61. The van der Waals surface area contributed by atoms with E-state index in [1.165, 1.54) is 24.5 Å². The van der Waals surface area contributed by atoms with Gasteiger partial charge in [-0.2, -0.15) is 0 Å². The van der Waals surface area contributed by atoms with Crippen molar-refractivity contribution in [3.8, 4) is 0 Å². The fourth-order valence-corrected chi connectivity index (χ4v) is 3.32. The minimum Gasteiger partial charge on any atom is -0.352 e. The van der Waals surface area contributed by atoms with Crippen LogP contribution in [-0.4, -0.2) is 22.3 Å². The molecule has 0 spiro atoms. The molecule has 1 saturated heterocycles. The van der Waals surface area contributed by atoms with Gasteiger partial charge in [0, 0.05) is 26.2 Å². The van der Waals surface area contributed by atoms with Crippen molar-refractivity contribution in [1.29, 1.82) is 0 Å². The van der Waals surface area contributed by atoms with Gasteiger partial charge in [-0.05, 0) is 49.1 Å². The Kier molecular flexibility index (Phi) is 5.26. The van der Waals surface area contributed by atoms with Gasteiger partial charge in [0.1, 0.15) is 0 Å². The molecular formula is C20H25N3O. The summed E-state index contributed by atoms with van der Waals surface area (Å²) in [5.74, 6) is -0.0146. The van der Waals surface area contributed by atoms with Gasteiger partial charge in [0.25, 0.3) is 0 Å². The molecule has 1 fully saturated rings. The Balaban J connectivity index is 1.69. The summed E-state index contributed by atoms with van der Waals surface area (Å²) in [7, 11) is 0. The highest BCUT2D eigenvalue weighted by molar-refractivity contribution is 5.72. The van der Waals surface area contributed by atoms with Gasteiger partial charge in [-0.3, -0.25) is 14.7 Å². The van der Waals surface area contributed by atoms with Crippen LogP contribution in [-0.2, 0) is 17.9 Å². The maximum absolute atomic E-state index is 11.0. The quantitative estimate of drug-likeness (QED) is 0.917. The largest absolute Gasteiger partial charge is 0.352 e. The third-order valence-electron chi connectivity index (χ3n) is 4.73. The predicted octanol–water partition coefficient (Wildman–Crippen LogP) is 3.36. The molecule has 4 nitrogen and oxygen atoms in total. The molecule has 1 aromatic heterocycles. The molecule has 1 aliphatic heterocycles. The van der Waals surface area contributed by atoms with Crippen LogP contribution in [0.3, 0.4) is 0 Å². The number of aryl methyl sites for hydroxylation is 1. The number of rotatable bonds is 5. The van der Waals surface area contributed by atoms with E-state index in [1.807, 2.05) is 6.20 Å². The molecule has 0 bridgehead atoms. The van der Waals surface area contributed by atoms with E-state index in [1.54, 1.807) is 0 Å². The van der Waals surface area contributed by atoms with Crippen LogP contribution >= 0.6 is 0 Å². The summed E-state index contributed by atoms with van der Waals surface area (Å²) in [5.41, 5.74) is 4.92. The van der Waals surface area contributed by atoms with Crippen molar-refractivity contribution in [1.82, 2.24) is 15.2 Å². The SMILES string of the molecule is CC(=O)NCc1ccc([C@@H]2CCCN2Cc2ccccc2C)nc1. The number of pyridine rings is 1. The number of nitrogens with one attached hydrogen (secondary N) is 1. The van der Waals surface area contributed by atoms with Gasteiger partial charge in [-0.15, -0.1) is 0 Å². The minimum atomic E-state index is -0.0146. The molecule has 1 aliphatic rings. The molecule has 126 valence electrons. The second kappa shape index (κ2) is 7.58. The van der Waals surface area contributed by atoms with Gasteiger partial charge in [0.05, 0.1) is 11.7 Å². The van der Waals surface area contributed by atoms with Gasteiger partial charge in [0.15, 0.2) is 0 Å². The van der Waals surface area contributed by atoms with E-state index in [2.05, 4.69) is 58.5 Å². The van der Waals surface area contributed by atoms with Gasteiger partial charge in [0.2, 0.25) is 5.91 Å². The molecule has 2 heterocycles. The molecular weight excluding hydrogens is 298 g/mol. The number of likely N-dealkylation sites (tertiary alicyclic amines) is 1. The zero-order valence-electron chi connectivity index (χ0n) is 14.5. The topological polar surface area (TPSA) is 45.2 Å². The van der Waals surface area contributed by atoms with Crippen LogP contribution in [0.1, 0.15) is 48.2 Å². The Bertz CT molecular complexity index is 696. The summed E-state index contributed by atoms with van der Waals surface area (Å²) in [5, 5.41) is 2.81. The fourth-order valence-electron chi connectivity index (χ4n) is 3.32. The van der Waals surface area contributed by atoms with E-state index in [9.17, 15) is 4.79 Å². The maximum atomic E-state index is 11.0. The van der Waals surface area contributed by atoms with Crippen molar-refractivity contribution in [3.63, 3.8) is 0 Å². The van der Waals surface area contributed by atoms with E-state index >= 15 is 0 Å². The van der Waals surface area contributed by atoms with Crippen LogP contribution in [0, 0.1) is 6.92 Å². The molecule has 24 heavy (non-hydrogen) atoms. The van der Waals surface area contributed by atoms with Gasteiger partial charge >= 0.3 is 0 Å². The van der Waals surface area contributed by atoms with Crippen molar-refractivity contribution in [2.75, 3.05) is 6.54 Å². The second-order valence-corrected chi connectivity index (χ2v) is 6.56. The summed E-state index contributed by atoms with van der Waals surface area (Å²) >= 11 is 0. The third kappa shape index (κ3) is 4.01. The van der Waals surface area contributed by atoms with E-state index < -0.39 is 0 Å². The van der Waals surface area contributed by atoms with E-state index in [4.69, 9.17) is 0 Å². The van der Waals surface area contributed by atoms with Crippen molar-refractivity contribution in [3.05, 3.63) is 65.0 Å². The number of carbonyl (C=O) groups is 1. The minimum absolute atomic E-state index is 0.0146. The Hall–Kier alpha value is -2.20. The molecule has 0 saturated carbocycles. The van der Waals surface area contributed by atoms with Crippen LogP contribution in [0.15, 0.2) is 42.6 Å². The average Bonchev–Trinajstić information content (AvgIpc) is 3.04. The lowest BCUT2D eigenvalue weighted by Gasteiger charge is -2.25. The number of hydrogen-bond donors (Lipinski definition) is 1. The number of benzene rings is 1. The monoisotopic (exact) mass is 323 g/mol. The highest BCUT2D eigenvalue weighted by atomic mass is 16.1.